The molecule has 6 nitrogen and oxygen atoms in total. The van der Waals surface area contributed by atoms with Crippen molar-refractivity contribution in [1.29, 1.82) is 0 Å². The van der Waals surface area contributed by atoms with E-state index in [1.54, 1.807) is 0 Å². The van der Waals surface area contributed by atoms with Gasteiger partial charge in [-0.25, -0.2) is 8.42 Å². The molecule has 0 bridgehead atoms. The summed E-state index contributed by atoms with van der Waals surface area (Å²) in [6.45, 7) is 6.17. The van der Waals surface area contributed by atoms with Crippen molar-refractivity contribution in [3.05, 3.63) is 46.5 Å². The van der Waals surface area contributed by atoms with Gasteiger partial charge in [0, 0.05) is 5.56 Å². The normalized spacial score (nSPS) is 15.7. The maximum Gasteiger partial charge on any atom is 0.310 e. The standard InChI is InChI=1S/C22H27NO5S/c1-14-7-9-17(10-8-14)20-16(3)22-21(15(2)18(20)13-19(24)27-4)23-29(25,26)12-6-5-11-28-22/h7-10,23H,5-6,11-13H2,1-4H3. The van der Waals surface area contributed by atoms with E-state index in [0.717, 1.165) is 27.8 Å². The Labute approximate surface area is 172 Å². The number of nitrogens with one attached hydrogen (secondary N) is 1. The van der Waals surface area contributed by atoms with E-state index in [9.17, 15) is 13.2 Å². The number of hydrogen-bond donors (Lipinski definition) is 1. The van der Waals surface area contributed by atoms with E-state index in [0.29, 0.717) is 36.4 Å². The van der Waals surface area contributed by atoms with Crippen LogP contribution in [0.4, 0.5) is 5.69 Å². The van der Waals surface area contributed by atoms with Gasteiger partial charge in [-0.1, -0.05) is 29.8 Å². The molecule has 0 unspecified atom stereocenters. The molecule has 0 amide bonds. The average Bonchev–Trinajstić information content (AvgIpc) is 2.75. The van der Waals surface area contributed by atoms with E-state index in [1.807, 2.05) is 45.0 Å². The van der Waals surface area contributed by atoms with Crippen molar-refractivity contribution in [3.63, 3.8) is 0 Å². The number of aryl methyl sites for hydroxylation is 1. The van der Waals surface area contributed by atoms with Gasteiger partial charge >= 0.3 is 5.97 Å². The fraction of sp³-hybridized carbons (Fsp3) is 0.409. The van der Waals surface area contributed by atoms with Gasteiger partial charge in [-0.3, -0.25) is 9.52 Å². The summed E-state index contributed by atoms with van der Waals surface area (Å²) in [5.41, 5.74) is 5.59. The van der Waals surface area contributed by atoms with Crippen LogP contribution in [0.3, 0.4) is 0 Å². The summed E-state index contributed by atoms with van der Waals surface area (Å²) in [7, 11) is -2.15. The monoisotopic (exact) mass is 417 g/mol. The highest BCUT2D eigenvalue weighted by Crippen LogP contribution is 2.43. The average molecular weight is 418 g/mol. The summed E-state index contributed by atoms with van der Waals surface area (Å²) >= 11 is 0. The molecule has 0 atom stereocenters. The molecule has 3 rings (SSSR count). The zero-order valence-corrected chi connectivity index (χ0v) is 18.1. The highest BCUT2D eigenvalue weighted by Gasteiger charge is 2.26. The van der Waals surface area contributed by atoms with Gasteiger partial charge in [0.25, 0.3) is 0 Å². The highest BCUT2D eigenvalue weighted by molar-refractivity contribution is 7.92. The van der Waals surface area contributed by atoms with Crippen molar-refractivity contribution in [1.82, 2.24) is 0 Å². The van der Waals surface area contributed by atoms with Gasteiger partial charge in [0.15, 0.2) is 0 Å². The van der Waals surface area contributed by atoms with Crippen LogP contribution in [0.2, 0.25) is 0 Å². The van der Waals surface area contributed by atoms with Crippen LogP contribution in [0.5, 0.6) is 5.75 Å². The number of methoxy groups -OCH3 is 1. The van der Waals surface area contributed by atoms with Gasteiger partial charge in [0.2, 0.25) is 10.0 Å². The molecule has 2 aromatic carbocycles. The van der Waals surface area contributed by atoms with Crippen LogP contribution in [0.25, 0.3) is 11.1 Å². The number of fused-ring (bicyclic) bond motifs is 1. The number of ether oxygens (including phenoxy) is 2. The Morgan fingerprint density at radius 2 is 1.79 bits per heavy atom. The fourth-order valence-electron chi connectivity index (χ4n) is 3.66. The van der Waals surface area contributed by atoms with E-state index >= 15 is 0 Å². The number of carbonyl (C=O) groups excluding carboxylic acids is 1. The summed E-state index contributed by atoms with van der Waals surface area (Å²) < 4.78 is 38.7. The summed E-state index contributed by atoms with van der Waals surface area (Å²) in [6, 6.07) is 8.03. The number of sulfonamides is 1. The number of benzene rings is 2. The first kappa shape index (κ1) is 21.2. The van der Waals surface area contributed by atoms with Crippen molar-refractivity contribution in [2.75, 3.05) is 24.2 Å². The predicted molar refractivity (Wildman–Crippen MR) is 114 cm³/mol. The Hall–Kier alpha value is -2.54. The third-order valence-electron chi connectivity index (χ3n) is 5.27. The maximum atomic E-state index is 12.5. The molecular weight excluding hydrogens is 390 g/mol. The van der Waals surface area contributed by atoms with Crippen LogP contribution in [-0.4, -0.2) is 33.9 Å². The molecule has 2 aromatic rings. The molecule has 29 heavy (non-hydrogen) atoms. The molecule has 7 heteroatoms. The second-order valence-corrected chi connectivity index (χ2v) is 9.24. The van der Waals surface area contributed by atoms with Gasteiger partial charge in [-0.2, -0.15) is 0 Å². The van der Waals surface area contributed by atoms with Crippen LogP contribution < -0.4 is 9.46 Å². The van der Waals surface area contributed by atoms with E-state index in [-0.39, 0.29) is 18.1 Å². The number of esters is 1. The quantitative estimate of drug-likeness (QED) is 0.766. The lowest BCUT2D eigenvalue weighted by Gasteiger charge is -2.24. The Balaban J connectivity index is 2.31. The third kappa shape index (κ3) is 4.56. The van der Waals surface area contributed by atoms with Crippen LogP contribution in [-0.2, 0) is 26.0 Å². The van der Waals surface area contributed by atoms with E-state index in [1.165, 1.54) is 7.11 Å². The van der Waals surface area contributed by atoms with Gasteiger partial charge in [0.1, 0.15) is 5.75 Å². The van der Waals surface area contributed by atoms with E-state index in [4.69, 9.17) is 9.47 Å². The molecule has 1 aliphatic rings. The van der Waals surface area contributed by atoms with Crippen molar-refractivity contribution in [2.45, 2.75) is 40.0 Å². The zero-order chi connectivity index (χ0) is 21.2. The Kier molecular flexibility index (Phi) is 6.17. The van der Waals surface area contributed by atoms with E-state index in [2.05, 4.69) is 4.72 Å². The molecule has 0 spiro atoms. The molecule has 0 saturated heterocycles. The molecule has 1 N–H and O–H groups in total. The molecule has 0 aromatic heterocycles. The molecule has 0 saturated carbocycles. The molecule has 156 valence electrons. The fourth-order valence-corrected chi connectivity index (χ4v) is 4.91. The SMILES string of the molecule is COC(=O)Cc1c(C)c2c(c(C)c1-c1ccc(C)cc1)OCCCCS(=O)(=O)N2. The lowest BCUT2D eigenvalue weighted by molar-refractivity contribution is -0.139. The summed E-state index contributed by atoms with van der Waals surface area (Å²) in [5.74, 6) is 0.185. The first-order valence-electron chi connectivity index (χ1n) is 9.66. The van der Waals surface area contributed by atoms with Crippen molar-refractivity contribution in [3.8, 4) is 16.9 Å². The predicted octanol–water partition coefficient (Wildman–Crippen LogP) is 3.91. The molecule has 1 heterocycles. The zero-order valence-electron chi connectivity index (χ0n) is 17.3. The topological polar surface area (TPSA) is 81.7 Å². The summed E-state index contributed by atoms with van der Waals surface area (Å²) in [5, 5.41) is 0. The largest absolute Gasteiger partial charge is 0.491 e. The number of hydrogen-bond acceptors (Lipinski definition) is 5. The minimum atomic E-state index is -3.50. The molecule has 0 aliphatic carbocycles. The van der Waals surface area contributed by atoms with Crippen LogP contribution in [0, 0.1) is 20.8 Å². The van der Waals surface area contributed by atoms with Crippen molar-refractivity contribution in [2.24, 2.45) is 0 Å². The smallest absolute Gasteiger partial charge is 0.310 e. The van der Waals surface area contributed by atoms with Gasteiger partial charge in [-0.05, 0) is 55.9 Å². The highest BCUT2D eigenvalue weighted by atomic mass is 32.2. The minimum Gasteiger partial charge on any atom is -0.491 e. The summed E-state index contributed by atoms with van der Waals surface area (Å²) in [4.78, 5) is 12.2. The lowest BCUT2D eigenvalue weighted by atomic mass is 9.88. The van der Waals surface area contributed by atoms with Crippen molar-refractivity contribution < 1.29 is 22.7 Å². The first-order valence-corrected chi connectivity index (χ1v) is 11.3. The number of anilines is 1. The van der Waals surface area contributed by atoms with Gasteiger partial charge in [-0.15, -0.1) is 0 Å². The van der Waals surface area contributed by atoms with Crippen LogP contribution in [0.1, 0.15) is 35.1 Å². The number of carbonyl (C=O) groups is 1. The maximum absolute atomic E-state index is 12.5. The van der Waals surface area contributed by atoms with Crippen molar-refractivity contribution >= 4 is 21.7 Å². The molecular formula is C22H27NO5S. The minimum absolute atomic E-state index is 0.0420. The number of rotatable bonds is 3. The second-order valence-electron chi connectivity index (χ2n) is 7.40. The Morgan fingerprint density at radius 3 is 2.45 bits per heavy atom. The first-order chi connectivity index (χ1) is 13.7. The third-order valence-corrected chi connectivity index (χ3v) is 6.61. The van der Waals surface area contributed by atoms with E-state index < -0.39 is 10.0 Å². The Bertz CT molecular complexity index is 1030. The molecule has 1 aliphatic heterocycles. The van der Waals surface area contributed by atoms with Crippen LogP contribution in [0.15, 0.2) is 24.3 Å². The molecule has 0 fully saturated rings. The summed E-state index contributed by atoms with van der Waals surface area (Å²) in [6.07, 6.45) is 1.23. The molecule has 0 radical (unpaired) electrons. The van der Waals surface area contributed by atoms with Crippen LogP contribution >= 0.6 is 0 Å². The lowest BCUT2D eigenvalue weighted by Crippen LogP contribution is -2.18. The Morgan fingerprint density at radius 1 is 1.10 bits per heavy atom. The van der Waals surface area contributed by atoms with Gasteiger partial charge in [0.05, 0.1) is 31.6 Å². The van der Waals surface area contributed by atoms with Gasteiger partial charge < -0.3 is 9.47 Å². The second kappa shape index (κ2) is 8.45.